The Hall–Kier alpha value is -2.76. The lowest BCUT2D eigenvalue weighted by Gasteiger charge is -2.13. The van der Waals surface area contributed by atoms with Gasteiger partial charge < -0.3 is 14.5 Å². The molecule has 2 aromatic rings. The molecular formula is C21H29N3O3. The fourth-order valence-corrected chi connectivity index (χ4v) is 2.80. The van der Waals surface area contributed by atoms with Crippen LogP contribution < -0.4 is 14.9 Å². The Balaban J connectivity index is 2.09. The van der Waals surface area contributed by atoms with E-state index in [-0.39, 0.29) is 5.91 Å². The molecule has 0 unspecified atom stereocenters. The van der Waals surface area contributed by atoms with E-state index < -0.39 is 0 Å². The van der Waals surface area contributed by atoms with E-state index in [4.69, 9.17) is 9.47 Å². The van der Waals surface area contributed by atoms with Crippen molar-refractivity contribution in [2.24, 2.45) is 11.0 Å². The molecule has 0 atom stereocenters. The van der Waals surface area contributed by atoms with Crippen LogP contribution in [-0.2, 0) is 0 Å². The van der Waals surface area contributed by atoms with Crippen LogP contribution in [0.3, 0.4) is 0 Å². The summed E-state index contributed by atoms with van der Waals surface area (Å²) >= 11 is 0. The Morgan fingerprint density at radius 3 is 2.59 bits per heavy atom. The maximum atomic E-state index is 12.4. The van der Waals surface area contributed by atoms with Crippen molar-refractivity contribution in [2.45, 2.75) is 41.0 Å². The number of aryl methyl sites for hydroxylation is 2. The molecule has 0 spiro atoms. The van der Waals surface area contributed by atoms with Crippen molar-refractivity contribution in [1.29, 1.82) is 0 Å². The van der Waals surface area contributed by atoms with Crippen LogP contribution in [0.5, 0.6) is 11.5 Å². The maximum Gasteiger partial charge on any atom is 0.271 e. The summed E-state index contributed by atoms with van der Waals surface area (Å²) in [7, 11) is 1.56. The third kappa shape index (κ3) is 5.36. The molecule has 1 heterocycles. The average Bonchev–Trinajstić information content (AvgIpc) is 2.97. The number of carbonyl (C=O) groups excluding carboxylic acids is 1. The molecule has 0 aliphatic heterocycles. The zero-order valence-electron chi connectivity index (χ0n) is 17.0. The lowest BCUT2D eigenvalue weighted by molar-refractivity contribution is 0.0954. The van der Waals surface area contributed by atoms with Gasteiger partial charge in [-0.2, -0.15) is 5.10 Å². The number of hydrogen-bond acceptors (Lipinski definition) is 4. The van der Waals surface area contributed by atoms with E-state index in [0.29, 0.717) is 29.6 Å². The molecule has 0 aliphatic rings. The fourth-order valence-electron chi connectivity index (χ4n) is 2.80. The number of amides is 1. The van der Waals surface area contributed by atoms with Crippen molar-refractivity contribution in [3.63, 3.8) is 0 Å². The van der Waals surface area contributed by atoms with E-state index in [2.05, 4.69) is 29.4 Å². The summed E-state index contributed by atoms with van der Waals surface area (Å²) in [6, 6.07) is 5.13. The van der Waals surface area contributed by atoms with E-state index in [1.807, 2.05) is 27.0 Å². The normalized spacial score (nSPS) is 11.6. The van der Waals surface area contributed by atoms with Gasteiger partial charge in [-0.05, 0) is 56.9 Å². The van der Waals surface area contributed by atoms with Crippen molar-refractivity contribution in [3.05, 3.63) is 46.8 Å². The van der Waals surface area contributed by atoms with Crippen molar-refractivity contribution in [3.8, 4) is 11.5 Å². The Kier molecular flexibility index (Phi) is 7.05. The van der Waals surface area contributed by atoms with Gasteiger partial charge in [-0.15, -0.1) is 0 Å². The lowest BCUT2D eigenvalue weighted by Crippen LogP contribution is -2.19. The minimum Gasteiger partial charge on any atom is -0.493 e. The first kappa shape index (κ1) is 20.6. The summed E-state index contributed by atoms with van der Waals surface area (Å²) in [6.07, 6.45) is 2.88. The van der Waals surface area contributed by atoms with Gasteiger partial charge in [-0.25, -0.2) is 5.43 Å². The van der Waals surface area contributed by atoms with Crippen molar-refractivity contribution >= 4 is 11.6 Å². The molecule has 0 fully saturated rings. The molecule has 0 radical (unpaired) electrons. The molecule has 146 valence electrons. The summed E-state index contributed by atoms with van der Waals surface area (Å²) in [5.74, 6) is 1.43. The number of H-pyrrole nitrogens is 1. The first-order valence-corrected chi connectivity index (χ1v) is 9.13. The van der Waals surface area contributed by atoms with Gasteiger partial charge in [0.1, 0.15) is 0 Å². The zero-order valence-corrected chi connectivity index (χ0v) is 17.0. The predicted molar refractivity (Wildman–Crippen MR) is 108 cm³/mol. The second kappa shape index (κ2) is 9.26. The highest BCUT2D eigenvalue weighted by atomic mass is 16.5. The van der Waals surface area contributed by atoms with Crippen molar-refractivity contribution < 1.29 is 14.3 Å². The van der Waals surface area contributed by atoms with Gasteiger partial charge in [0.2, 0.25) is 0 Å². The molecule has 27 heavy (non-hydrogen) atoms. The topological polar surface area (TPSA) is 75.7 Å². The van der Waals surface area contributed by atoms with E-state index in [1.54, 1.807) is 25.3 Å². The average molecular weight is 371 g/mol. The molecule has 1 aromatic heterocycles. The van der Waals surface area contributed by atoms with Gasteiger partial charge in [-0.1, -0.05) is 13.8 Å². The molecule has 0 saturated carbocycles. The van der Waals surface area contributed by atoms with Crippen LogP contribution in [0.15, 0.2) is 29.5 Å². The Morgan fingerprint density at radius 1 is 1.26 bits per heavy atom. The predicted octanol–water partition coefficient (Wildman–Crippen LogP) is 4.22. The number of hydrogen-bond donors (Lipinski definition) is 2. The van der Waals surface area contributed by atoms with Crippen LogP contribution in [0, 0.1) is 19.8 Å². The minimum absolute atomic E-state index is 0.299. The first-order chi connectivity index (χ1) is 12.8. The lowest BCUT2D eigenvalue weighted by atomic mass is 10.1. The Labute approximate surface area is 161 Å². The summed E-state index contributed by atoms with van der Waals surface area (Å²) < 4.78 is 11.1. The van der Waals surface area contributed by atoms with Gasteiger partial charge in [0, 0.05) is 23.0 Å². The van der Waals surface area contributed by atoms with Crippen molar-refractivity contribution in [1.82, 2.24) is 10.4 Å². The van der Waals surface area contributed by atoms with Crippen LogP contribution in [0.2, 0.25) is 0 Å². The van der Waals surface area contributed by atoms with E-state index in [0.717, 1.165) is 29.0 Å². The first-order valence-electron chi connectivity index (χ1n) is 9.13. The highest BCUT2D eigenvalue weighted by molar-refractivity contribution is 6.02. The molecule has 2 N–H and O–H groups in total. The summed E-state index contributed by atoms with van der Waals surface area (Å²) in [4.78, 5) is 15.6. The number of nitrogens with zero attached hydrogens (tertiary/aromatic N) is 1. The number of benzene rings is 1. The molecule has 0 saturated heterocycles. The smallest absolute Gasteiger partial charge is 0.271 e. The van der Waals surface area contributed by atoms with Gasteiger partial charge in [0.05, 0.1) is 19.4 Å². The number of aromatic nitrogens is 1. The number of ether oxygens (including phenoxy) is 2. The highest BCUT2D eigenvalue weighted by Gasteiger charge is 2.12. The third-order valence-corrected chi connectivity index (χ3v) is 4.34. The molecule has 2 rings (SSSR count). The van der Waals surface area contributed by atoms with Crippen LogP contribution in [0.1, 0.15) is 54.4 Å². The number of aromatic amines is 1. The number of hydrazone groups is 1. The van der Waals surface area contributed by atoms with E-state index in [1.165, 1.54) is 0 Å². The quantitative estimate of drug-likeness (QED) is 0.539. The Morgan fingerprint density at radius 2 is 2.00 bits per heavy atom. The monoisotopic (exact) mass is 371 g/mol. The van der Waals surface area contributed by atoms with Gasteiger partial charge >= 0.3 is 0 Å². The largest absolute Gasteiger partial charge is 0.493 e. The molecule has 6 nitrogen and oxygen atoms in total. The van der Waals surface area contributed by atoms with Crippen LogP contribution in [0.4, 0.5) is 0 Å². The van der Waals surface area contributed by atoms with Crippen LogP contribution >= 0.6 is 0 Å². The molecule has 6 heteroatoms. The summed E-state index contributed by atoms with van der Waals surface area (Å²) in [5.41, 5.74) is 6.95. The van der Waals surface area contributed by atoms with Crippen molar-refractivity contribution in [2.75, 3.05) is 13.7 Å². The van der Waals surface area contributed by atoms with E-state index >= 15 is 0 Å². The number of methoxy groups -OCH3 is 1. The molecule has 0 bridgehead atoms. The van der Waals surface area contributed by atoms with Gasteiger partial charge in [0.15, 0.2) is 11.5 Å². The maximum absolute atomic E-state index is 12.4. The third-order valence-electron chi connectivity index (χ3n) is 4.34. The van der Waals surface area contributed by atoms with Gasteiger partial charge in [0.25, 0.3) is 5.91 Å². The molecular weight excluding hydrogens is 342 g/mol. The number of rotatable bonds is 8. The minimum atomic E-state index is -0.299. The molecule has 1 aromatic carbocycles. The molecule has 0 aliphatic carbocycles. The highest BCUT2D eigenvalue weighted by Crippen LogP contribution is 2.28. The van der Waals surface area contributed by atoms with Crippen LogP contribution in [-0.4, -0.2) is 30.3 Å². The Bertz CT molecular complexity index is 803. The van der Waals surface area contributed by atoms with Crippen LogP contribution in [0.25, 0.3) is 0 Å². The SMILES string of the molecule is COc1cc(C(=O)N/N=C(\C)c2c(C)c[nH]c2C)ccc1OCCC(C)C. The second-order valence-electron chi connectivity index (χ2n) is 7.01. The summed E-state index contributed by atoms with van der Waals surface area (Å²) in [6.45, 7) is 10.8. The number of carbonyl (C=O) groups is 1. The standard InChI is InChI=1S/C21H29N3O3/c1-13(2)9-10-27-18-8-7-17(11-19(18)26-6)21(25)24-23-16(5)20-14(3)12-22-15(20)4/h7-8,11-13,22H,9-10H2,1-6H3,(H,24,25)/b23-16+. The van der Waals surface area contributed by atoms with Gasteiger partial charge in [-0.3, -0.25) is 4.79 Å². The number of nitrogens with one attached hydrogen (secondary N) is 2. The second-order valence-corrected chi connectivity index (χ2v) is 7.01. The fraction of sp³-hybridized carbons (Fsp3) is 0.429. The molecule has 1 amide bonds. The zero-order chi connectivity index (χ0) is 20.0. The van der Waals surface area contributed by atoms with E-state index in [9.17, 15) is 4.79 Å². The summed E-state index contributed by atoms with van der Waals surface area (Å²) in [5, 5.41) is 4.24.